The van der Waals surface area contributed by atoms with Crippen LogP contribution in [-0.4, -0.2) is 18.9 Å². The standard InChI is InChI=1S/C12H16O3/c1-15-12(14)11-9-5-3-2-4-8(9)6-7-10(11)13/h8H,2-7H2,1H3. The van der Waals surface area contributed by atoms with Crippen LogP contribution in [0.4, 0.5) is 0 Å². The van der Waals surface area contributed by atoms with Gasteiger partial charge in [0.15, 0.2) is 5.78 Å². The molecule has 1 atom stereocenters. The van der Waals surface area contributed by atoms with E-state index in [2.05, 4.69) is 0 Å². The fraction of sp³-hybridized carbons (Fsp3) is 0.667. The highest BCUT2D eigenvalue weighted by Crippen LogP contribution is 2.38. The minimum absolute atomic E-state index is 0.0185. The van der Waals surface area contributed by atoms with Crippen molar-refractivity contribution in [3.05, 3.63) is 11.1 Å². The second kappa shape index (κ2) is 4.17. The van der Waals surface area contributed by atoms with Gasteiger partial charge in [0.05, 0.1) is 7.11 Å². The van der Waals surface area contributed by atoms with E-state index >= 15 is 0 Å². The number of allylic oxidation sites excluding steroid dienone is 1. The van der Waals surface area contributed by atoms with Crippen molar-refractivity contribution in [2.45, 2.75) is 38.5 Å². The minimum atomic E-state index is -0.429. The smallest absolute Gasteiger partial charge is 0.341 e. The molecule has 0 aromatic heterocycles. The SMILES string of the molecule is COC(=O)C1=C2CCCCC2CCC1=O. The van der Waals surface area contributed by atoms with Crippen LogP contribution in [0.15, 0.2) is 11.1 Å². The van der Waals surface area contributed by atoms with Crippen molar-refractivity contribution in [3.8, 4) is 0 Å². The average Bonchev–Trinajstić information content (AvgIpc) is 2.28. The third-order valence-electron chi connectivity index (χ3n) is 3.45. The van der Waals surface area contributed by atoms with Gasteiger partial charge in [-0.1, -0.05) is 6.42 Å². The fourth-order valence-electron chi connectivity index (χ4n) is 2.69. The van der Waals surface area contributed by atoms with Gasteiger partial charge in [-0.15, -0.1) is 0 Å². The Labute approximate surface area is 89.5 Å². The van der Waals surface area contributed by atoms with E-state index < -0.39 is 5.97 Å². The lowest BCUT2D eigenvalue weighted by Gasteiger charge is -2.30. The third-order valence-corrected chi connectivity index (χ3v) is 3.45. The lowest BCUT2D eigenvalue weighted by atomic mass is 9.74. The summed E-state index contributed by atoms with van der Waals surface area (Å²) in [5, 5.41) is 0. The number of methoxy groups -OCH3 is 1. The fourth-order valence-corrected chi connectivity index (χ4v) is 2.69. The van der Waals surface area contributed by atoms with E-state index in [1.54, 1.807) is 0 Å². The van der Waals surface area contributed by atoms with Gasteiger partial charge in [-0.3, -0.25) is 4.79 Å². The molecule has 0 bridgehead atoms. The van der Waals surface area contributed by atoms with Gasteiger partial charge in [-0.25, -0.2) is 4.79 Å². The molecule has 0 amide bonds. The van der Waals surface area contributed by atoms with Crippen LogP contribution in [-0.2, 0) is 14.3 Å². The Morgan fingerprint density at radius 1 is 1.27 bits per heavy atom. The van der Waals surface area contributed by atoms with Crippen LogP contribution in [0.1, 0.15) is 38.5 Å². The zero-order valence-corrected chi connectivity index (χ0v) is 9.04. The first-order valence-electron chi connectivity index (χ1n) is 5.58. The summed E-state index contributed by atoms with van der Waals surface area (Å²) in [6.45, 7) is 0. The van der Waals surface area contributed by atoms with Crippen molar-refractivity contribution in [2.24, 2.45) is 5.92 Å². The van der Waals surface area contributed by atoms with Crippen molar-refractivity contribution < 1.29 is 14.3 Å². The van der Waals surface area contributed by atoms with Gasteiger partial charge in [-0.05, 0) is 37.2 Å². The predicted molar refractivity (Wildman–Crippen MR) is 55.2 cm³/mol. The van der Waals surface area contributed by atoms with E-state index in [4.69, 9.17) is 4.74 Å². The Morgan fingerprint density at radius 2 is 2.07 bits per heavy atom. The Hall–Kier alpha value is -1.12. The van der Waals surface area contributed by atoms with Crippen LogP contribution in [0.3, 0.4) is 0 Å². The predicted octanol–water partition coefficient (Wildman–Crippen LogP) is 2.01. The van der Waals surface area contributed by atoms with E-state index in [0.717, 1.165) is 31.3 Å². The number of hydrogen-bond acceptors (Lipinski definition) is 3. The Bertz CT molecular complexity index is 328. The average molecular weight is 208 g/mol. The summed E-state index contributed by atoms with van der Waals surface area (Å²) in [5.74, 6) is 0.0159. The molecule has 1 saturated carbocycles. The summed E-state index contributed by atoms with van der Waals surface area (Å²) >= 11 is 0. The summed E-state index contributed by atoms with van der Waals surface area (Å²) in [4.78, 5) is 23.2. The molecule has 1 unspecified atom stereocenters. The van der Waals surface area contributed by atoms with Crippen LogP contribution in [0.2, 0.25) is 0 Å². The molecular weight excluding hydrogens is 192 g/mol. The number of carbonyl (C=O) groups is 2. The van der Waals surface area contributed by atoms with Crippen molar-refractivity contribution >= 4 is 11.8 Å². The van der Waals surface area contributed by atoms with E-state index in [0.29, 0.717) is 17.9 Å². The Balaban J connectivity index is 2.37. The molecule has 3 heteroatoms. The molecule has 2 aliphatic rings. The maximum absolute atomic E-state index is 11.7. The first-order valence-corrected chi connectivity index (χ1v) is 5.58. The van der Waals surface area contributed by atoms with Gasteiger partial charge in [0, 0.05) is 6.42 Å². The third kappa shape index (κ3) is 1.83. The van der Waals surface area contributed by atoms with Crippen LogP contribution in [0, 0.1) is 5.92 Å². The molecule has 82 valence electrons. The van der Waals surface area contributed by atoms with Crippen LogP contribution in [0.25, 0.3) is 0 Å². The minimum Gasteiger partial charge on any atom is -0.465 e. The summed E-state index contributed by atoms with van der Waals surface area (Å²) in [7, 11) is 1.34. The second-order valence-corrected chi connectivity index (χ2v) is 4.30. The Kier molecular flexibility index (Phi) is 2.89. The molecule has 2 rings (SSSR count). The highest BCUT2D eigenvalue weighted by Gasteiger charge is 2.33. The number of Topliss-reactive ketones (excluding diaryl/α,β-unsaturated/α-hetero) is 1. The van der Waals surface area contributed by atoms with Crippen LogP contribution >= 0.6 is 0 Å². The molecule has 2 aliphatic carbocycles. The van der Waals surface area contributed by atoms with Gasteiger partial charge in [0.1, 0.15) is 5.57 Å². The van der Waals surface area contributed by atoms with Crippen LogP contribution in [0.5, 0.6) is 0 Å². The lowest BCUT2D eigenvalue weighted by Crippen LogP contribution is -2.27. The molecule has 0 spiro atoms. The first kappa shape index (κ1) is 10.4. The number of fused-ring (bicyclic) bond motifs is 1. The highest BCUT2D eigenvalue weighted by atomic mass is 16.5. The number of ether oxygens (including phenoxy) is 1. The molecule has 1 fully saturated rings. The van der Waals surface area contributed by atoms with E-state index in [1.165, 1.54) is 13.5 Å². The molecule has 0 heterocycles. The normalized spacial score (nSPS) is 26.2. The number of ketones is 1. The van der Waals surface area contributed by atoms with Crippen molar-refractivity contribution in [1.29, 1.82) is 0 Å². The first-order chi connectivity index (χ1) is 7.24. The van der Waals surface area contributed by atoms with E-state index in [9.17, 15) is 9.59 Å². The highest BCUT2D eigenvalue weighted by molar-refractivity contribution is 6.18. The molecule has 0 aromatic rings. The van der Waals surface area contributed by atoms with Gasteiger partial charge in [0.25, 0.3) is 0 Å². The number of esters is 1. The van der Waals surface area contributed by atoms with Gasteiger partial charge < -0.3 is 4.74 Å². The van der Waals surface area contributed by atoms with Gasteiger partial charge >= 0.3 is 5.97 Å². The van der Waals surface area contributed by atoms with Gasteiger partial charge in [-0.2, -0.15) is 0 Å². The monoisotopic (exact) mass is 208 g/mol. The largest absolute Gasteiger partial charge is 0.465 e. The van der Waals surface area contributed by atoms with Crippen molar-refractivity contribution in [1.82, 2.24) is 0 Å². The van der Waals surface area contributed by atoms with Crippen molar-refractivity contribution in [2.75, 3.05) is 7.11 Å². The molecule has 0 aliphatic heterocycles. The quantitative estimate of drug-likeness (QED) is 0.489. The molecule has 3 nitrogen and oxygen atoms in total. The molecule has 0 N–H and O–H groups in total. The molecular formula is C12H16O3. The molecule has 0 radical (unpaired) electrons. The van der Waals surface area contributed by atoms with Crippen molar-refractivity contribution in [3.63, 3.8) is 0 Å². The van der Waals surface area contributed by atoms with E-state index in [-0.39, 0.29) is 5.78 Å². The summed E-state index contributed by atoms with van der Waals surface area (Å²) in [5.41, 5.74) is 1.44. The van der Waals surface area contributed by atoms with Gasteiger partial charge in [0.2, 0.25) is 0 Å². The topological polar surface area (TPSA) is 43.4 Å². The number of rotatable bonds is 1. The number of hydrogen-bond donors (Lipinski definition) is 0. The summed E-state index contributed by atoms with van der Waals surface area (Å²) < 4.78 is 4.69. The summed E-state index contributed by atoms with van der Waals surface area (Å²) in [6, 6.07) is 0. The molecule has 0 saturated heterocycles. The zero-order valence-electron chi connectivity index (χ0n) is 9.04. The maximum atomic E-state index is 11.7. The number of carbonyl (C=O) groups excluding carboxylic acids is 2. The molecule has 15 heavy (non-hydrogen) atoms. The van der Waals surface area contributed by atoms with Crippen LogP contribution < -0.4 is 0 Å². The maximum Gasteiger partial charge on any atom is 0.341 e. The second-order valence-electron chi connectivity index (χ2n) is 4.30. The summed E-state index contributed by atoms with van der Waals surface area (Å²) in [6.07, 6.45) is 5.79. The lowest BCUT2D eigenvalue weighted by molar-refractivity contribution is -0.138. The van der Waals surface area contributed by atoms with E-state index in [1.807, 2.05) is 0 Å². The molecule has 0 aromatic carbocycles. The zero-order chi connectivity index (χ0) is 10.8. The Morgan fingerprint density at radius 3 is 2.80 bits per heavy atom.